The highest BCUT2D eigenvalue weighted by Gasteiger charge is 2.36. The summed E-state index contributed by atoms with van der Waals surface area (Å²) in [4.78, 5) is 33.7. The van der Waals surface area contributed by atoms with Gasteiger partial charge < -0.3 is 26.0 Å². The summed E-state index contributed by atoms with van der Waals surface area (Å²) in [5, 5.41) is 5.60. The summed E-state index contributed by atoms with van der Waals surface area (Å²) in [6, 6.07) is 2.37. The molecule has 2 heterocycles. The van der Waals surface area contributed by atoms with Crippen molar-refractivity contribution in [3.63, 3.8) is 0 Å². The van der Waals surface area contributed by atoms with Crippen molar-refractivity contribution in [2.24, 2.45) is 16.6 Å². The predicted molar refractivity (Wildman–Crippen MR) is 143 cm³/mol. The van der Waals surface area contributed by atoms with Crippen LogP contribution in [0.25, 0.3) is 10.9 Å². The average Bonchev–Trinajstić information content (AvgIpc) is 3.75. The van der Waals surface area contributed by atoms with Gasteiger partial charge in [0.15, 0.2) is 0 Å². The summed E-state index contributed by atoms with van der Waals surface area (Å²) >= 11 is 0. The van der Waals surface area contributed by atoms with Crippen molar-refractivity contribution in [2.45, 2.75) is 57.2 Å². The van der Waals surface area contributed by atoms with E-state index < -0.39 is 55.1 Å². The highest BCUT2D eigenvalue weighted by atomic mass is 19.4. The van der Waals surface area contributed by atoms with E-state index in [4.69, 9.17) is 5.73 Å². The van der Waals surface area contributed by atoms with E-state index in [1.807, 2.05) is 0 Å². The molecule has 44 heavy (non-hydrogen) atoms. The molecule has 9 nitrogen and oxygen atoms in total. The van der Waals surface area contributed by atoms with Gasteiger partial charge in [-0.15, -0.1) is 0 Å². The fraction of sp³-hybridized carbons (Fsp3) is 0.481. The molecule has 240 valence electrons. The van der Waals surface area contributed by atoms with Gasteiger partial charge in [-0.05, 0) is 49.4 Å². The number of nitrogens with two attached hydrogens (primary N) is 1. The zero-order valence-electron chi connectivity index (χ0n) is 23.1. The number of nitrogens with one attached hydrogen (secondary N) is 2. The van der Waals surface area contributed by atoms with Crippen LogP contribution in [-0.4, -0.2) is 72.4 Å². The van der Waals surface area contributed by atoms with Gasteiger partial charge >= 0.3 is 19.0 Å². The monoisotopic (exact) mass is 636 g/mol. The van der Waals surface area contributed by atoms with E-state index in [0.29, 0.717) is 18.9 Å². The lowest BCUT2D eigenvalue weighted by Crippen LogP contribution is -2.56. The molecular weight excluding hydrogens is 608 g/mol. The Morgan fingerprint density at radius 3 is 2.41 bits per heavy atom. The van der Waals surface area contributed by atoms with Crippen molar-refractivity contribution < 1.29 is 49.4 Å². The van der Waals surface area contributed by atoms with Crippen LogP contribution in [0.1, 0.15) is 31.9 Å². The minimum absolute atomic E-state index is 0.0000460. The topological polar surface area (TPSA) is 122 Å². The van der Waals surface area contributed by atoms with Crippen LogP contribution in [0.3, 0.4) is 0 Å². The number of piperidine rings is 1. The smallest absolute Gasteiger partial charge is 0.433 e. The van der Waals surface area contributed by atoms with Gasteiger partial charge in [0, 0.05) is 55.1 Å². The number of nitrogens with zero attached hydrogens (tertiary/aromatic N) is 3. The van der Waals surface area contributed by atoms with Gasteiger partial charge in [0.2, 0.25) is 5.91 Å². The number of aromatic nitrogens is 1. The molecule has 17 heteroatoms. The highest BCUT2D eigenvalue weighted by Crippen LogP contribution is 2.36. The van der Waals surface area contributed by atoms with Crippen LogP contribution in [0.2, 0.25) is 0 Å². The molecule has 2 amide bonds. The van der Waals surface area contributed by atoms with Crippen LogP contribution in [0, 0.1) is 5.92 Å². The van der Waals surface area contributed by atoms with Gasteiger partial charge in [-0.1, -0.05) is 0 Å². The lowest BCUT2D eigenvalue weighted by molar-refractivity contribution is -0.141. The van der Waals surface area contributed by atoms with E-state index in [0.717, 1.165) is 24.4 Å². The second-order valence-electron chi connectivity index (χ2n) is 10.5. The molecule has 2 atom stereocenters. The van der Waals surface area contributed by atoms with Crippen LogP contribution in [0.15, 0.2) is 40.5 Å². The van der Waals surface area contributed by atoms with E-state index in [1.54, 1.807) is 0 Å². The Bertz CT molecular complexity index is 1460. The standard InChI is InChI=1S/C27H28F8N6O3/c1-13(42)41-10-15(6-16(11-41)39-24(43)19(23(36)14-2-3-14)9-37-12-26(30,31)32)38-21-8-22(27(33,34)35)40-20-5-4-17(7-18(20)21)44-25(28)29/h4-5,7-9,14-16,25H,2-3,6,10-12,36H2,1H3,(H,38,40)(H,39,43)/t15-,16+/m1/s1. The highest BCUT2D eigenvalue weighted by molar-refractivity contribution is 6.13. The molecule has 0 spiro atoms. The number of amides is 2. The third-order valence-corrected chi connectivity index (χ3v) is 6.95. The molecule has 2 aromatic rings. The number of hydrogen-bond donors (Lipinski definition) is 3. The molecule has 0 unspecified atom stereocenters. The van der Waals surface area contributed by atoms with E-state index in [-0.39, 0.29) is 59.0 Å². The van der Waals surface area contributed by atoms with Crippen molar-refractivity contribution in [3.05, 3.63) is 41.2 Å². The normalized spacial score (nSPS) is 20.2. The fourth-order valence-corrected chi connectivity index (χ4v) is 4.81. The molecule has 1 aromatic heterocycles. The molecule has 0 radical (unpaired) electrons. The van der Waals surface area contributed by atoms with Crippen LogP contribution in [-0.2, 0) is 15.8 Å². The molecular formula is C27H28F8N6O3. The maximum Gasteiger partial charge on any atom is 0.433 e. The second kappa shape index (κ2) is 12.8. The molecule has 4 rings (SSSR count). The summed E-state index contributed by atoms with van der Waals surface area (Å²) in [6.45, 7) is -3.48. The molecule has 1 saturated carbocycles. The number of pyridine rings is 1. The minimum Gasteiger partial charge on any atom is -0.435 e. The number of allylic oxidation sites excluding steroid dienone is 1. The average molecular weight is 637 g/mol. The van der Waals surface area contributed by atoms with Gasteiger partial charge in [-0.2, -0.15) is 35.1 Å². The summed E-state index contributed by atoms with van der Waals surface area (Å²) in [6.07, 6.45) is -7.34. The summed E-state index contributed by atoms with van der Waals surface area (Å²) in [7, 11) is 0. The first-order valence-corrected chi connectivity index (χ1v) is 13.4. The molecule has 4 N–H and O–H groups in total. The molecule has 0 bridgehead atoms. The maximum atomic E-state index is 13.7. The zero-order chi connectivity index (χ0) is 32.4. The second-order valence-corrected chi connectivity index (χ2v) is 10.5. The van der Waals surface area contributed by atoms with E-state index >= 15 is 0 Å². The molecule has 1 aliphatic carbocycles. The van der Waals surface area contributed by atoms with Gasteiger partial charge in [0.05, 0.1) is 11.1 Å². The van der Waals surface area contributed by atoms with Crippen LogP contribution in [0.5, 0.6) is 5.75 Å². The number of alkyl halides is 8. The third kappa shape index (κ3) is 8.69. The molecule has 2 aliphatic rings. The summed E-state index contributed by atoms with van der Waals surface area (Å²) in [5.41, 5.74) is 4.30. The number of carbonyl (C=O) groups is 2. The number of likely N-dealkylation sites (tertiary alicyclic amines) is 1. The lowest BCUT2D eigenvalue weighted by atomic mass is 9.99. The quantitative estimate of drug-likeness (QED) is 0.210. The van der Waals surface area contributed by atoms with Crippen molar-refractivity contribution >= 4 is 34.6 Å². The van der Waals surface area contributed by atoms with Crippen molar-refractivity contribution in [2.75, 3.05) is 25.0 Å². The molecule has 2 fully saturated rings. The van der Waals surface area contributed by atoms with Crippen molar-refractivity contribution in [1.29, 1.82) is 0 Å². The van der Waals surface area contributed by atoms with Gasteiger partial charge in [-0.3, -0.25) is 14.6 Å². The Labute approximate surface area is 245 Å². The number of ether oxygens (including phenoxy) is 1. The Hall–Kier alpha value is -4.18. The lowest BCUT2D eigenvalue weighted by Gasteiger charge is -2.38. The Balaban J connectivity index is 1.62. The first-order chi connectivity index (χ1) is 20.5. The van der Waals surface area contributed by atoms with Crippen LogP contribution >= 0.6 is 0 Å². The van der Waals surface area contributed by atoms with E-state index in [2.05, 4.69) is 25.3 Å². The number of carbonyl (C=O) groups excluding carboxylic acids is 2. The maximum absolute atomic E-state index is 13.7. The zero-order valence-corrected chi connectivity index (χ0v) is 23.1. The molecule has 1 aliphatic heterocycles. The molecule has 1 saturated heterocycles. The van der Waals surface area contributed by atoms with Gasteiger partial charge in [0.25, 0.3) is 5.91 Å². The number of halogens is 8. The SMILES string of the molecule is CC(=O)N1C[C@@H](NC(=O)C(C=NCC(F)(F)F)=C(N)C2CC2)C[C@@H](Nc2cc(C(F)(F)F)nc3ccc(OC(F)F)cc23)C1. The van der Waals surface area contributed by atoms with Crippen LogP contribution < -0.4 is 21.1 Å². The minimum atomic E-state index is -4.85. The first kappa shape index (κ1) is 32.7. The third-order valence-electron chi connectivity index (χ3n) is 6.95. The fourth-order valence-electron chi connectivity index (χ4n) is 4.81. The number of fused-ring (bicyclic) bond motifs is 1. The number of aliphatic imine (C=N–C) groups is 1. The number of anilines is 1. The first-order valence-electron chi connectivity index (χ1n) is 13.4. The Kier molecular flexibility index (Phi) is 9.53. The van der Waals surface area contributed by atoms with E-state index in [1.165, 1.54) is 11.8 Å². The van der Waals surface area contributed by atoms with E-state index in [9.17, 15) is 44.7 Å². The summed E-state index contributed by atoms with van der Waals surface area (Å²) < 4.78 is 109. The van der Waals surface area contributed by atoms with Gasteiger partial charge in [0.1, 0.15) is 18.0 Å². The largest absolute Gasteiger partial charge is 0.435 e. The van der Waals surface area contributed by atoms with Crippen molar-refractivity contribution in [1.82, 2.24) is 15.2 Å². The Morgan fingerprint density at radius 1 is 1.14 bits per heavy atom. The molecule has 1 aromatic carbocycles. The summed E-state index contributed by atoms with van der Waals surface area (Å²) in [5.74, 6) is -1.75. The predicted octanol–water partition coefficient (Wildman–Crippen LogP) is 4.63. The number of hydrogen-bond acceptors (Lipinski definition) is 7. The van der Waals surface area contributed by atoms with Crippen LogP contribution in [0.4, 0.5) is 40.8 Å². The number of benzene rings is 1. The van der Waals surface area contributed by atoms with Crippen molar-refractivity contribution in [3.8, 4) is 5.75 Å². The Morgan fingerprint density at radius 2 is 1.82 bits per heavy atom. The number of rotatable bonds is 9. The van der Waals surface area contributed by atoms with Gasteiger partial charge in [-0.25, -0.2) is 4.98 Å².